The SMILES string of the molecule is CC1CC2CC(C)C(NC(=O)C(C)(C)NSc3ccc(O)c([N+](=O)[O-])c3)C(C1)C2. The molecule has 2 aliphatic rings. The summed E-state index contributed by atoms with van der Waals surface area (Å²) < 4.78 is 3.13. The van der Waals surface area contributed by atoms with Gasteiger partial charge in [-0.2, -0.15) is 0 Å². The number of hydrogen-bond acceptors (Lipinski definition) is 6. The lowest BCUT2D eigenvalue weighted by molar-refractivity contribution is -0.386. The molecule has 5 atom stereocenters. The minimum Gasteiger partial charge on any atom is -0.502 e. The first-order valence-corrected chi connectivity index (χ1v) is 11.1. The van der Waals surface area contributed by atoms with E-state index >= 15 is 0 Å². The molecule has 29 heavy (non-hydrogen) atoms. The van der Waals surface area contributed by atoms with Crippen LogP contribution in [0.15, 0.2) is 23.1 Å². The summed E-state index contributed by atoms with van der Waals surface area (Å²) in [6.45, 7) is 8.17. The number of carbonyl (C=O) groups is 1. The summed E-state index contributed by atoms with van der Waals surface area (Å²) in [6, 6.07) is 4.37. The van der Waals surface area contributed by atoms with Gasteiger partial charge in [-0.3, -0.25) is 14.9 Å². The maximum Gasteiger partial charge on any atom is 0.311 e. The Morgan fingerprint density at radius 1 is 1.24 bits per heavy atom. The third-order valence-electron chi connectivity index (χ3n) is 6.34. The lowest BCUT2D eigenvalue weighted by Gasteiger charge is -2.47. The average molecular weight is 422 g/mol. The van der Waals surface area contributed by atoms with Gasteiger partial charge in [-0.15, -0.1) is 0 Å². The van der Waals surface area contributed by atoms with E-state index in [0.29, 0.717) is 16.7 Å². The number of nitro benzene ring substituents is 1. The molecule has 2 fully saturated rings. The summed E-state index contributed by atoms with van der Waals surface area (Å²) in [6.07, 6.45) is 4.86. The van der Waals surface area contributed by atoms with Crippen molar-refractivity contribution in [3.05, 3.63) is 28.3 Å². The average Bonchev–Trinajstić information content (AvgIpc) is 2.63. The third kappa shape index (κ3) is 5.04. The molecule has 0 aliphatic heterocycles. The molecule has 3 N–H and O–H groups in total. The van der Waals surface area contributed by atoms with Crippen LogP contribution in [0.4, 0.5) is 5.69 Å². The molecular formula is C21H31N3O4S. The second-order valence-electron chi connectivity index (χ2n) is 9.39. The summed E-state index contributed by atoms with van der Waals surface area (Å²) >= 11 is 1.15. The molecule has 0 aromatic heterocycles. The van der Waals surface area contributed by atoms with Crippen molar-refractivity contribution in [3.63, 3.8) is 0 Å². The zero-order chi connectivity index (χ0) is 21.3. The molecule has 1 aromatic carbocycles. The highest BCUT2D eigenvalue weighted by Gasteiger charge is 2.42. The highest BCUT2D eigenvalue weighted by Crippen LogP contribution is 2.45. The minimum absolute atomic E-state index is 0.0631. The quantitative estimate of drug-likeness (QED) is 0.360. The first kappa shape index (κ1) is 21.9. The number of benzene rings is 1. The molecule has 0 saturated heterocycles. The van der Waals surface area contributed by atoms with Gasteiger partial charge in [0.1, 0.15) is 5.54 Å². The van der Waals surface area contributed by atoms with Crippen LogP contribution < -0.4 is 10.0 Å². The predicted molar refractivity (Wildman–Crippen MR) is 114 cm³/mol. The Morgan fingerprint density at radius 3 is 2.66 bits per heavy atom. The smallest absolute Gasteiger partial charge is 0.311 e. The number of nitrogens with one attached hydrogen (secondary N) is 2. The van der Waals surface area contributed by atoms with Crippen LogP contribution in [0, 0.1) is 33.8 Å². The number of nitro groups is 1. The number of nitrogens with zero attached hydrogens (tertiary/aromatic N) is 1. The van der Waals surface area contributed by atoms with Gasteiger partial charge in [-0.25, -0.2) is 4.72 Å². The topological polar surface area (TPSA) is 104 Å². The molecule has 1 aromatic rings. The van der Waals surface area contributed by atoms with Crippen LogP contribution in [0.2, 0.25) is 0 Å². The van der Waals surface area contributed by atoms with Gasteiger partial charge < -0.3 is 10.4 Å². The van der Waals surface area contributed by atoms with Crippen molar-refractivity contribution in [2.24, 2.45) is 23.7 Å². The molecule has 160 valence electrons. The van der Waals surface area contributed by atoms with Crippen molar-refractivity contribution in [1.29, 1.82) is 0 Å². The highest BCUT2D eigenvalue weighted by molar-refractivity contribution is 7.97. The Labute approximate surface area is 176 Å². The maximum absolute atomic E-state index is 13.0. The summed E-state index contributed by atoms with van der Waals surface area (Å²) in [7, 11) is 0. The summed E-state index contributed by atoms with van der Waals surface area (Å²) in [4.78, 5) is 24.0. The number of phenols is 1. The van der Waals surface area contributed by atoms with Crippen LogP contribution in [0.3, 0.4) is 0 Å². The monoisotopic (exact) mass is 421 g/mol. The number of phenolic OH excluding ortho intramolecular Hbond substituents is 1. The van der Waals surface area contributed by atoms with E-state index in [2.05, 4.69) is 23.9 Å². The standard InChI is InChI=1S/C21H31N3O4S/c1-12-7-14-9-13(2)19(15(8-12)10-14)22-20(26)21(3,4)23-29-16-5-6-18(25)17(11-16)24(27)28/h5-6,11-15,19,23,25H,7-10H2,1-4H3,(H,22,26). The van der Waals surface area contributed by atoms with Crippen LogP contribution in [0.1, 0.15) is 53.4 Å². The first-order valence-electron chi connectivity index (χ1n) is 10.3. The molecule has 0 heterocycles. The van der Waals surface area contributed by atoms with Crippen LogP contribution in [-0.2, 0) is 4.79 Å². The predicted octanol–water partition coefficient (Wildman–Crippen LogP) is 4.25. The van der Waals surface area contributed by atoms with Crippen molar-refractivity contribution in [3.8, 4) is 5.75 Å². The van der Waals surface area contributed by atoms with Gasteiger partial charge in [-0.1, -0.05) is 13.8 Å². The fourth-order valence-electron chi connectivity index (χ4n) is 4.96. The molecule has 3 rings (SSSR count). The van der Waals surface area contributed by atoms with Gasteiger partial charge in [0.2, 0.25) is 5.91 Å². The molecule has 1 amide bonds. The Bertz CT molecular complexity index is 781. The van der Waals surface area contributed by atoms with Gasteiger partial charge >= 0.3 is 5.69 Å². The van der Waals surface area contributed by atoms with Crippen LogP contribution in [0.25, 0.3) is 0 Å². The molecule has 2 aliphatic carbocycles. The second kappa shape index (κ2) is 8.52. The van der Waals surface area contributed by atoms with E-state index < -0.39 is 10.5 Å². The molecule has 7 nitrogen and oxygen atoms in total. The fraction of sp³-hybridized carbons (Fsp3) is 0.667. The van der Waals surface area contributed by atoms with Gasteiger partial charge in [0.05, 0.1) is 4.92 Å². The second-order valence-corrected chi connectivity index (χ2v) is 10.3. The Hall–Kier alpha value is -1.80. The van der Waals surface area contributed by atoms with E-state index in [1.54, 1.807) is 6.07 Å². The molecule has 0 radical (unpaired) electrons. The summed E-state index contributed by atoms with van der Waals surface area (Å²) in [5.74, 6) is 2.09. The lowest BCUT2D eigenvalue weighted by Crippen LogP contribution is -2.58. The van der Waals surface area contributed by atoms with E-state index in [0.717, 1.165) is 23.8 Å². The van der Waals surface area contributed by atoms with E-state index in [9.17, 15) is 20.0 Å². The van der Waals surface area contributed by atoms with Crippen molar-refractivity contribution in [1.82, 2.24) is 10.0 Å². The van der Waals surface area contributed by atoms with Gasteiger partial charge in [-0.05, 0) is 87.3 Å². The van der Waals surface area contributed by atoms with Crippen LogP contribution >= 0.6 is 11.9 Å². The lowest BCUT2D eigenvalue weighted by atomic mass is 9.63. The number of fused-ring (bicyclic) bond motifs is 2. The Kier molecular flexibility index (Phi) is 6.43. The Morgan fingerprint density at radius 2 is 1.97 bits per heavy atom. The maximum atomic E-state index is 13.0. The third-order valence-corrected chi connectivity index (χ3v) is 7.44. The Balaban J connectivity index is 1.62. The molecule has 0 spiro atoms. The van der Waals surface area contributed by atoms with E-state index in [-0.39, 0.29) is 23.4 Å². The molecule has 2 bridgehead atoms. The van der Waals surface area contributed by atoms with Crippen molar-refractivity contribution >= 4 is 23.5 Å². The van der Waals surface area contributed by atoms with Crippen molar-refractivity contribution < 1.29 is 14.8 Å². The highest BCUT2D eigenvalue weighted by atomic mass is 32.2. The molecule has 8 heteroatoms. The van der Waals surface area contributed by atoms with Gasteiger partial charge in [0.15, 0.2) is 5.75 Å². The number of aromatic hydroxyl groups is 1. The van der Waals surface area contributed by atoms with Crippen LogP contribution in [-0.4, -0.2) is 27.5 Å². The molecule has 5 unspecified atom stereocenters. The van der Waals surface area contributed by atoms with Crippen LogP contribution in [0.5, 0.6) is 5.75 Å². The number of rotatable bonds is 6. The van der Waals surface area contributed by atoms with Gasteiger partial charge in [0, 0.05) is 17.0 Å². The van der Waals surface area contributed by atoms with Gasteiger partial charge in [0.25, 0.3) is 0 Å². The summed E-state index contributed by atoms with van der Waals surface area (Å²) in [5, 5.41) is 23.9. The van der Waals surface area contributed by atoms with E-state index in [4.69, 9.17) is 0 Å². The number of amides is 1. The van der Waals surface area contributed by atoms with E-state index in [1.165, 1.54) is 37.8 Å². The first-order chi connectivity index (χ1) is 13.6. The van der Waals surface area contributed by atoms with E-state index in [1.807, 2.05) is 13.8 Å². The number of hydrogen-bond donors (Lipinski definition) is 3. The zero-order valence-electron chi connectivity index (χ0n) is 17.5. The van der Waals surface area contributed by atoms with Crippen molar-refractivity contribution in [2.75, 3.05) is 0 Å². The summed E-state index contributed by atoms with van der Waals surface area (Å²) in [5.41, 5.74) is -1.20. The van der Waals surface area contributed by atoms with Crippen molar-refractivity contribution in [2.45, 2.75) is 69.9 Å². The zero-order valence-corrected chi connectivity index (χ0v) is 18.3. The fourth-order valence-corrected chi connectivity index (χ4v) is 5.74. The molecule has 2 saturated carbocycles. The molecular weight excluding hydrogens is 390 g/mol. The normalized spacial score (nSPS) is 29.3. The number of carbonyl (C=O) groups excluding carboxylic acids is 1. The largest absolute Gasteiger partial charge is 0.502 e. The minimum atomic E-state index is -0.853.